The molecule has 0 bridgehead atoms. The molecule has 2 amide bonds. The Hall–Kier alpha value is -4.50. The first kappa shape index (κ1) is 17.8. The van der Waals surface area contributed by atoms with Crippen molar-refractivity contribution in [1.29, 1.82) is 5.41 Å². The lowest BCUT2D eigenvalue weighted by Gasteiger charge is -2.02. The van der Waals surface area contributed by atoms with Gasteiger partial charge in [-0.25, -0.2) is 9.97 Å². The van der Waals surface area contributed by atoms with E-state index in [2.05, 4.69) is 41.1 Å². The van der Waals surface area contributed by atoms with Gasteiger partial charge in [-0.1, -0.05) is 5.16 Å². The molecule has 0 unspecified atom stereocenters. The van der Waals surface area contributed by atoms with Crippen LogP contribution in [0.4, 0.5) is 11.9 Å². The van der Waals surface area contributed by atoms with Crippen LogP contribution in [0.2, 0.25) is 0 Å². The van der Waals surface area contributed by atoms with E-state index in [1.54, 1.807) is 0 Å². The quantitative estimate of drug-likeness (QED) is 0.0857. The van der Waals surface area contributed by atoms with Gasteiger partial charge in [0.1, 0.15) is 22.8 Å². The normalized spacial score (nSPS) is 11.0. The molecular weight excluding hydrogens is 352 g/mol. The highest BCUT2D eigenvalue weighted by atomic mass is 16.4. The number of nitrogens with zero attached hydrogens (tertiary/aromatic N) is 4. The van der Waals surface area contributed by atoms with Crippen LogP contribution in [-0.2, 0) is 0 Å². The Morgan fingerprint density at radius 3 is 1.88 bits per heavy atom. The van der Waals surface area contributed by atoms with Crippen molar-refractivity contribution >= 4 is 35.4 Å². The summed E-state index contributed by atoms with van der Waals surface area (Å²) in [5.74, 6) is -3.41. The molecule has 136 valence electrons. The predicted molar refractivity (Wildman–Crippen MR) is 86.6 cm³/mol. The Morgan fingerprint density at radius 1 is 1.00 bits per heavy atom. The fraction of sp³-hybridized carbons (Fsp3) is 0. The van der Waals surface area contributed by atoms with E-state index < -0.39 is 23.5 Å². The summed E-state index contributed by atoms with van der Waals surface area (Å²) in [6.07, 6.45) is 0. The van der Waals surface area contributed by atoms with Gasteiger partial charge in [0.15, 0.2) is 5.84 Å². The third-order valence-electron chi connectivity index (χ3n) is 2.87. The largest absolute Gasteiger partial charge is 0.409 e. The van der Waals surface area contributed by atoms with Crippen molar-refractivity contribution in [3.05, 3.63) is 27.7 Å². The number of oxime groups is 1. The number of carbonyl (C=O) groups is 2. The highest BCUT2D eigenvalue weighted by molar-refractivity contribution is 6.07. The summed E-state index contributed by atoms with van der Waals surface area (Å²) in [6, 6.07) is 0. The van der Waals surface area contributed by atoms with Crippen molar-refractivity contribution in [2.75, 3.05) is 10.9 Å². The van der Waals surface area contributed by atoms with Crippen molar-refractivity contribution in [3.63, 3.8) is 0 Å². The lowest BCUT2D eigenvalue weighted by molar-refractivity contribution is 0.0987. The second-order valence-corrected chi connectivity index (χ2v) is 4.52. The third-order valence-corrected chi connectivity index (χ3v) is 2.87. The van der Waals surface area contributed by atoms with E-state index in [0.29, 0.717) is 0 Å². The zero-order chi connectivity index (χ0) is 19.4. The van der Waals surface area contributed by atoms with Gasteiger partial charge in [-0.3, -0.25) is 25.8 Å². The number of primary amides is 2. The first-order valence-electron chi connectivity index (χ1n) is 6.50. The number of aromatic amines is 2. The van der Waals surface area contributed by atoms with E-state index in [1.807, 2.05) is 0 Å². The smallest absolute Gasteiger partial charge is 0.267 e. The van der Waals surface area contributed by atoms with Crippen LogP contribution in [0.25, 0.3) is 0 Å². The zero-order valence-electron chi connectivity index (χ0n) is 12.7. The fourth-order valence-electron chi connectivity index (χ4n) is 1.79. The summed E-state index contributed by atoms with van der Waals surface area (Å²) in [5, 5.41) is 21.1. The van der Waals surface area contributed by atoms with E-state index >= 15 is 0 Å². The molecule has 16 nitrogen and oxygen atoms in total. The summed E-state index contributed by atoms with van der Waals surface area (Å²) < 4.78 is 0. The molecule has 2 heterocycles. The van der Waals surface area contributed by atoms with Gasteiger partial charge in [0.25, 0.3) is 11.8 Å². The average Bonchev–Trinajstić information content (AvgIpc) is 3.23. The van der Waals surface area contributed by atoms with Crippen LogP contribution in [0.5, 0.6) is 0 Å². The summed E-state index contributed by atoms with van der Waals surface area (Å²) in [7, 11) is 0. The number of imidazole rings is 2. The van der Waals surface area contributed by atoms with Gasteiger partial charge >= 0.3 is 0 Å². The first-order chi connectivity index (χ1) is 12.3. The zero-order valence-corrected chi connectivity index (χ0v) is 12.7. The van der Waals surface area contributed by atoms with E-state index in [9.17, 15) is 14.5 Å². The second-order valence-electron chi connectivity index (χ2n) is 4.52. The number of hydrogen-bond acceptors (Lipinski definition) is 10. The van der Waals surface area contributed by atoms with E-state index in [0.717, 1.165) is 0 Å². The topological polar surface area (TPSA) is 279 Å². The number of nitrogens with two attached hydrogens (primary N) is 3. The van der Waals surface area contributed by atoms with E-state index in [4.69, 9.17) is 27.8 Å². The number of aromatic nitrogens is 4. The minimum Gasteiger partial charge on any atom is -0.409 e. The molecule has 12 N–H and O–H groups in total. The number of amidine groups is 2. The third kappa shape index (κ3) is 3.37. The van der Waals surface area contributed by atoms with Crippen molar-refractivity contribution in [2.24, 2.45) is 27.5 Å². The Bertz CT molecular complexity index is 866. The summed E-state index contributed by atoms with van der Waals surface area (Å²) in [6.45, 7) is 0. The van der Waals surface area contributed by atoms with Gasteiger partial charge in [0.05, 0.1) is 0 Å². The Morgan fingerprint density at radius 2 is 1.46 bits per heavy atom. The molecule has 2 rings (SSSR count). The van der Waals surface area contributed by atoms with Gasteiger partial charge in [-0.05, 0) is 5.18 Å². The molecule has 0 aromatic carbocycles. The minimum atomic E-state index is -0.975. The predicted octanol–water partition coefficient (Wildman–Crippen LogP) is -2.04. The first-order valence-corrected chi connectivity index (χ1v) is 6.50. The van der Waals surface area contributed by atoms with Crippen LogP contribution in [0.15, 0.2) is 10.3 Å². The molecule has 0 aliphatic rings. The van der Waals surface area contributed by atoms with Crippen molar-refractivity contribution in [1.82, 2.24) is 19.9 Å². The molecule has 0 saturated heterocycles. The number of nitroso groups, excluding NO2 is 1. The number of anilines is 2. The number of nitrogens with one attached hydrogen (secondary N) is 5. The molecule has 2 aromatic rings. The van der Waals surface area contributed by atoms with E-state index in [1.165, 1.54) is 0 Å². The highest BCUT2D eigenvalue weighted by Gasteiger charge is 2.21. The fourth-order valence-corrected chi connectivity index (χ4v) is 1.79. The molecule has 0 spiro atoms. The van der Waals surface area contributed by atoms with Crippen LogP contribution < -0.4 is 28.1 Å². The summed E-state index contributed by atoms with van der Waals surface area (Å²) in [5.41, 5.74) is 19.4. The van der Waals surface area contributed by atoms with Gasteiger partial charge in [-0.15, -0.1) is 4.91 Å². The SMILES string of the molecule is N=C(N=O)c1nc(NNc2nc(C(N)=NO)c(C(N)=O)[nH]2)[nH]c1C(N)=O. The molecule has 0 saturated carbocycles. The Labute approximate surface area is 142 Å². The van der Waals surface area contributed by atoms with Crippen molar-refractivity contribution in [3.8, 4) is 0 Å². The maximum absolute atomic E-state index is 11.3. The lowest BCUT2D eigenvalue weighted by Crippen LogP contribution is -2.21. The van der Waals surface area contributed by atoms with E-state index in [-0.39, 0.29) is 34.7 Å². The van der Waals surface area contributed by atoms with Crippen LogP contribution in [0, 0.1) is 10.3 Å². The van der Waals surface area contributed by atoms with Gasteiger partial charge in [0, 0.05) is 0 Å². The monoisotopic (exact) mass is 364 g/mol. The summed E-state index contributed by atoms with van der Waals surface area (Å²) >= 11 is 0. The Balaban J connectivity index is 2.27. The van der Waals surface area contributed by atoms with Crippen LogP contribution >= 0.6 is 0 Å². The number of carbonyl (C=O) groups excluding carboxylic acids is 2. The lowest BCUT2D eigenvalue weighted by atomic mass is 10.3. The van der Waals surface area contributed by atoms with Gasteiger partial charge < -0.3 is 32.4 Å². The molecule has 0 aliphatic carbocycles. The minimum absolute atomic E-state index is 0.0948. The Kier molecular flexibility index (Phi) is 4.77. The van der Waals surface area contributed by atoms with Crippen LogP contribution in [0.3, 0.4) is 0 Å². The molecule has 26 heavy (non-hydrogen) atoms. The molecule has 16 heteroatoms. The molecule has 0 aliphatic heterocycles. The average molecular weight is 364 g/mol. The number of rotatable bonds is 7. The van der Waals surface area contributed by atoms with Crippen molar-refractivity contribution in [2.45, 2.75) is 0 Å². The van der Waals surface area contributed by atoms with Crippen LogP contribution in [0.1, 0.15) is 32.4 Å². The maximum atomic E-state index is 11.3. The summed E-state index contributed by atoms with van der Waals surface area (Å²) in [4.78, 5) is 45.6. The number of hydrazine groups is 1. The van der Waals surface area contributed by atoms with Crippen LogP contribution in [-0.4, -0.2) is 48.6 Å². The molecule has 0 atom stereocenters. The molecule has 0 radical (unpaired) electrons. The number of hydrogen-bond donors (Lipinski definition) is 9. The van der Waals surface area contributed by atoms with Crippen molar-refractivity contribution < 1.29 is 14.8 Å². The van der Waals surface area contributed by atoms with Gasteiger partial charge in [-0.2, -0.15) is 0 Å². The second kappa shape index (κ2) is 6.95. The maximum Gasteiger partial charge on any atom is 0.267 e. The highest BCUT2D eigenvalue weighted by Crippen LogP contribution is 2.13. The van der Waals surface area contributed by atoms with Gasteiger partial charge in [0.2, 0.25) is 17.7 Å². The standard InChI is InChI=1S/C10H12N12O4/c11-5(21-25)1-3(7(13)23)17-9(15-1)19-20-10-16-2(6(12)22-26)4(18-10)8(14)24/h11,26H,(H2,12,22)(H2,13,23)(H2,14,24)(H2,15,17,19)(H2,16,18,20). The molecule has 0 fully saturated rings. The molecular formula is C10H12N12O4. The number of amides is 2. The molecule has 2 aromatic heterocycles. The number of H-pyrrole nitrogens is 2.